The van der Waals surface area contributed by atoms with E-state index in [1.54, 1.807) is 30.3 Å². The predicted octanol–water partition coefficient (Wildman–Crippen LogP) is 2.34. The van der Waals surface area contributed by atoms with Crippen LogP contribution in [-0.2, 0) is 0 Å². The molecule has 0 saturated heterocycles. The second-order valence-electron chi connectivity index (χ2n) is 3.86. The standard InChI is InChI=1S/C15H9N3O2/c16-4-6-20-15-2-1-12(8-13(15)9-17)14-7-11(10-19)3-5-18-14/h1-3,5,7-8,10H,6H2. The van der Waals surface area contributed by atoms with Gasteiger partial charge in [0.1, 0.15) is 24.2 Å². The molecule has 2 rings (SSSR count). The Kier molecular flexibility index (Phi) is 4.06. The summed E-state index contributed by atoms with van der Waals surface area (Å²) in [6, 6.07) is 12.1. The first kappa shape index (κ1) is 13.3. The summed E-state index contributed by atoms with van der Waals surface area (Å²) in [4.78, 5) is 14.9. The molecule has 0 aliphatic heterocycles. The van der Waals surface area contributed by atoms with Gasteiger partial charge < -0.3 is 4.74 Å². The van der Waals surface area contributed by atoms with Crippen LogP contribution in [0.4, 0.5) is 0 Å². The zero-order valence-electron chi connectivity index (χ0n) is 10.4. The van der Waals surface area contributed by atoms with Crippen LogP contribution in [0.1, 0.15) is 15.9 Å². The summed E-state index contributed by atoms with van der Waals surface area (Å²) in [5, 5.41) is 17.6. The molecule has 1 heterocycles. The Labute approximate surface area is 115 Å². The highest BCUT2D eigenvalue weighted by atomic mass is 16.5. The van der Waals surface area contributed by atoms with Crippen molar-refractivity contribution in [2.45, 2.75) is 0 Å². The molecule has 20 heavy (non-hydrogen) atoms. The van der Waals surface area contributed by atoms with Crippen molar-refractivity contribution in [3.05, 3.63) is 47.7 Å². The number of hydrogen-bond donors (Lipinski definition) is 0. The summed E-state index contributed by atoms with van der Waals surface area (Å²) < 4.78 is 5.15. The first-order chi connectivity index (χ1) is 9.78. The number of benzene rings is 1. The molecule has 0 radical (unpaired) electrons. The van der Waals surface area contributed by atoms with Crippen LogP contribution in [0.15, 0.2) is 36.5 Å². The van der Waals surface area contributed by atoms with E-state index in [0.717, 1.165) is 6.29 Å². The van der Waals surface area contributed by atoms with Gasteiger partial charge in [0.15, 0.2) is 6.61 Å². The highest BCUT2D eigenvalue weighted by molar-refractivity contribution is 5.77. The molecular formula is C15H9N3O2. The molecule has 0 bridgehead atoms. The Balaban J connectivity index is 2.41. The number of aldehydes is 1. The number of hydrogen-bond acceptors (Lipinski definition) is 5. The fourth-order valence-corrected chi connectivity index (χ4v) is 1.69. The van der Waals surface area contributed by atoms with E-state index in [2.05, 4.69) is 4.98 Å². The molecule has 1 aromatic heterocycles. The second-order valence-corrected chi connectivity index (χ2v) is 3.86. The lowest BCUT2D eigenvalue weighted by Crippen LogP contribution is -1.96. The van der Waals surface area contributed by atoms with Gasteiger partial charge in [0.05, 0.1) is 11.3 Å². The zero-order chi connectivity index (χ0) is 14.4. The first-order valence-electron chi connectivity index (χ1n) is 5.74. The molecule has 0 unspecified atom stereocenters. The molecule has 2 aromatic rings. The molecule has 0 aliphatic carbocycles. The van der Waals surface area contributed by atoms with Crippen molar-refractivity contribution in [2.24, 2.45) is 0 Å². The van der Waals surface area contributed by atoms with Gasteiger partial charge in [0.25, 0.3) is 0 Å². The summed E-state index contributed by atoms with van der Waals surface area (Å²) in [6.45, 7) is -0.118. The summed E-state index contributed by atoms with van der Waals surface area (Å²) in [5.74, 6) is 0.351. The summed E-state index contributed by atoms with van der Waals surface area (Å²) in [6.07, 6.45) is 2.27. The third-order valence-electron chi connectivity index (χ3n) is 2.61. The van der Waals surface area contributed by atoms with Crippen LogP contribution in [0.3, 0.4) is 0 Å². The maximum Gasteiger partial charge on any atom is 0.174 e. The third kappa shape index (κ3) is 2.80. The molecule has 0 spiro atoms. The molecule has 1 aromatic carbocycles. The molecule has 5 nitrogen and oxygen atoms in total. The molecule has 0 aliphatic rings. The van der Waals surface area contributed by atoms with Crippen molar-refractivity contribution in [1.82, 2.24) is 4.98 Å². The van der Waals surface area contributed by atoms with E-state index < -0.39 is 0 Å². The molecule has 0 amide bonds. The van der Waals surface area contributed by atoms with Crippen LogP contribution in [-0.4, -0.2) is 17.9 Å². The smallest absolute Gasteiger partial charge is 0.174 e. The maximum absolute atomic E-state index is 10.8. The molecule has 5 heteroatoms. The summed E-state index contributed by atoms with van der Waals surface area (Å²) in [5.41, 5.74) is 2.13. The first-order valence-corrected chi connectivity index (χ1v) is 5.74. The minimum Gasteiger partial charge on any atom is -0.477 e. The molecular weight excluding hydrogens is 254 g/mol. The van der Waals surface area contributed by atoms with Crippen LogP contribution >= 0.6 is 0 Å². The van der Waals surface area contributed by atoms with Crippen molar-refractivity contribution in [3.63, 3.8) is 0 Å². The average Bonchev–Trinajstić information content (AvgIpc) is 2.52. The number of aromatic nitrogens is 1. The fraction of sp³-hybridized carbons (Fsp3) is 0.0667. The lowest BCUT2D eigenvalue weighted by Gasteiger charge is -2.06. The Morgan fingerprint density at radius 3 is 2.80 bits per heavy atom. The van der Waals surface area contributed by atoms with Crippen molar-refractivity contribution >= 4 is 6.29 Å². The van der Waals surface area contributed by atoms with Gasteiger partial charge in [-0.1, -0.05) is 0 Å². The van der Waals surface area contributed by atoms with Gasteiger partial charge >= 0.3 is 0 Å². The number of pyridine rings is 1. The number of nitrogens with zero attached hydrogens (tertiary/aromatic N) is 3. The van der Waals surface area contributed by atoms with Gasteiger partial charge in [0.2, 0.25) is 0 Å². The number of rotatable bonds is 4. The van der Waals surface area contributed by atoms with E-state index in [-0.39, 0.29) is 6.61 Å². The van der Waals surface area contributed by atoms with E-state index in [9.17, 15) is 4.79 Å². The second kappa shape index (κ2) is 6.12. The topological polar surface area (TPSA) is 86.8 Å². The number of carbonyl (C=O) groups excluding carboxylic acids is 1. The highest BCUT2D eigenvalue weighted by Gasteiger charge is 2.07. The van der Waals surface area contributed by atoms with Crippen LogP contribution in [0.25, 0.3) is 11.3 Å². The summed E-state index contributed by atoms with van der Waals surface area (Å²) >= 11 is 0. The van der Waals surface area contributed by atoms with Gasteiger partial charge in [-0.25, -0.2) is 0 Å². The molecule has 0 fully saturated rings. The average molecular weight is 263 g/mol. The zero-order valence-corrected chi connectivity index (χ0v) is 10.4. The quantitative estimate of drug-likeness (QED) is 0.790. The van der Waals surface area contributed by atoms with Crippen molar-refractivity contribution in [3.8, 4) is 29.1 Å². The number of carbonyl (C=O) groups is 1. The van der Waals surface area contributed by atoms with E-state index in [4.69, 9.17) is 15.3 Å². The minimum atomic E-state index is -0.118. The monoisotopic (exact) mass is 263 g/mol. The molecule has 0 saturated carbocycles. The van der Waals surface area contributed by atoms with Crippen LogP contribution in [0.5, 0.6) is 5.75 Å². The van der Waals surface area contributed by atoms with Crippen LogP contribution in [0.2, 0.25) is 0 Å². The van der Waals surface area contributed by atoms with E-state index in [0.29, 0.717) is 28.1 Å². The van der Waals surface area contributed by atoms with Crippen molar-refractivity contribution < 1.29 is 9.53 Å². The fourth-order valence-electron chi connectivity index (χ4n) is 1.69. The van der Waals surface area contributed by atoms with E-state index in [1.807, 2.05) is 12.1 Å². The molecule has 0 atom stereocenters. The minimum absolute atomic E-state index is 0.118. The SMILES string of the molecule is N#CCOc1ccc(-c2cc(C=O)ccn2)cc1C#N. The predicted molar refractivity (Wildman–Crippen MR) is 70.9 cm³/mol. The van der Waals surface area contributed by atoms with Crippen LogP contribution < -0.4 is 4.74 Å². The third-order valence-corrected chi connectivity index (χ3v) is 2.61. The van der Waals surface area contributed by atoms with Gasteiger partial charge in [-0.15, -0.1) is 0 Å². The maximum atomic E-state index is 10.8. The van der Waals surface area contributed by atoms with E-state index in [1.165, 1.54) is 6.20 Å². The lowest BCUT2D eigenvalue weighted by molar-refractivity contribution is 0.112. The summed E-state index contributed by atoms with van der Waals surface area (Å²) in [7, 11) is 0. The van der Waals surface area contributed by atoms with Gasteiger partial charge in [-0.3, -0.25) is 9.78 Å². The van der Waals surface area contributed by atoms with Gasteiger partial charge in [0, 0.05) is 17.3 Å². The Morgan fingerprint density at radius 2 is 2.10 bits per heavy atom. The van der Waals surface area contributed by atoms with Gasteiger partial charge in [-0.2, -0.15) is 10.5 Å². The normalized spacial score (nSPS) is 9.30. The lowest BCUT2D eigenvalue weighted by atomic mass is 10.1. The van der Waals surface area contributed by atoms with Gasteiger partial charge in [-0.05, 0) is 30.3 Å². The van der Waals surface area contributed by atoms with E-state index >= 15 is 0 Å². The van der Waals surface area contributed by atoms with Crippen molar-refractivity contribution in [2.75, 3.05) is 6.61 Å². The Bertz CT molecular complexity index is 727. The number of nitriles is 2. The van der Waals surface area contributed by atoms with Crippen molar-refractivity contribution in [1.29, 1.82) is 10.5 Å². The largest absolute Gasteiger partial charge is 0.477 e. The Morgan fingerprint density at radius 1 is 1.25 bits per heavy atom. The Hall–Kier alpha value is -3.18. The molecule has 96 valence electrons. The molecule has 0 N–H and O–H groups in total. The van der Waals surface area contributed by atoms with Crippen LogP contribution in [0, 0.1) is 22.7 Å². The highest BCUT2D eigenvalue weighted by Crippen LogP contribution is 2.25. The number of ether oxygens (including phenoxy) is 1.